The highest BCUT2D eigenvalue weighted by atomic mass is 32.2. The molecule has 0 fully saturated rings. The minimum Gasteiger partial charge on any atom is -0.396 e. The van der Waals surface area contributed by atoms with Crippen molar-refractivity contribution in [3.05, 3.63) is 24.0 Å². The van der Waals surface area contributed by atoms with Crippen LogP contribution in [0, 0.1) is 11.2 Å². The van der Waals surface area contributed by atoms with Gasteiger partial charge in [0.25, 0.3) is 0 Å². The van der Waals surface area contributed by atoms with Crippen LogP contribution in [0.25, 0.3) is 0 Å². The van der Waals surface area contributed by atoms with E-state index in [9.17, 15) is 12.8 Å². The average Bonchev–Trinajstić information content (AvgIpc) is 2.30. The number of hydrogen-bond donors (Lipinski definition) is 3. The highest BCUT2D eigenvalue weighted by molar-refractivity contribution is 7.89. The Labute approximate surface area is 106 Å². The lowest BCUT2D eigenvalue weighted by molar-refractivity contribution is 0.163. The van der Waals surface area contributed by atoms with E-state index in [2.05, 4.69) is 4.72 Å². The van der Waals surface area contributed by atoms with Gasteiger partial charge in [0.2, 0.25) is 10.0 Å². The van der Waals surface area contributed by atoms with Gasteiger partial charge in [0.1, 0.15) is 5.82 Å². The largest absolute Gasteiger partial charge is 0.396 e. The zero-order chi connectivity index (χ0) is 14.0. The zero-order valence-electron chi connectivity index (χ0n) is 10.3. The highest BCUT2D eigenvalue weighted by Crippen LogP contribution is 2.18. The predicted molar refractivity (Wildman–Crippen MR) is 66.9 cm³/mol. The molecule has 0 amide bonds. The summed E-state index contributed by atoms with van der Waals surface area (Å²) in [6.45, 7) is 3.35. The first-order chi connectivity index (χ1) is 8.18. The molecule has 7 heteroatoms. The van der Waals surface area contributed by atoms with Crippen LogP contribution in [0.3, 0.4) is 0 Å². The number of hydrogen-bond acceptors (Lipinski definition) is 4. The van der Waals surface area contributed by atoms with E-state index in [0.717, 1.165) is 18.2 Å². The molecule has 0 heterocycles. The molecule has 0 radical (unpaired) electrons. The normalized spacial score (nSPS) is 12.7. The Morgan fingerprint density at radius 2 is 2.06 bits per heavy atom. The van der Waals surface area contributed by atoms with E-state index in [-0.39, 0.29) is 23.7 Å². The summed E-state index contributed by atoms with van der Waals surface area (Å²) < 4.78 is 39.1. The minimum atomic E-state index is -3.75. The van der Waals surface area contributed by atoms with Gasteiger partial charge in [-0.2, -0.15) is 0 Å². The summed E-state index contributed by atoms with van der Waals surface area (Å²) in [4.78, 5) is -0.102. The van der Waals surface area contributed by atoms with Crippen molar-refractivity contribution in [2.45, 2.75) is 18.7 Å². The first-order valence-electron chi connectivity index (χ1n) is 5.33. The Bertz CT molecular complexity index is 529. The summed E-state index contributed by atoms with van der Waals surface area (Å²) in [6, 6.07) is 3.20. The van der Waals surface area contributed by atoms with Crippen LogP contribution in [-0.2, 0) is 10.0 Å². The molecular formula is C11H17FN2O3S. The zero-order valence-corrected chi connectivity index (χ0v) is 11.1. The van der Waals surface area contributed by atoms with Crippen LogP contribution in [0.5, 0.6) is 0 Å². The molecule has 0 aliphatic carbocycles. The summed E-state index contributed by atoms with van der Waals surface area (Å²) in [5.74, 6) is -0.662. The molecule has 4 N–H and O–H groups in total. The smallest absolute Gasteiger partial charge is 0.240 e. The van der Waals surface area contributed by atoms with Gasteiger partial charge >= 0.3 is 0 Å². The second-order valence-corrected chi connectivity index (χ2v) is 6.60. The molecule has 0 saturated carbocycles. The number of nitrogen functional groups attached to an aromatic ring is 1. The maximum atomic E-state index is 12.9. The second kappa shape index (κ2) is 5.21. The number of aliphatic hydroxyl groups excluding tert-OH is 1. The first kappa shape index (κ1) is 14.9. The molecular weight excluding hydrogens is 259 g/mol. The van der Waals surface area contributed by atoms with Gasteiger partial charge in [-0.15, -0.1) is 0 Å². The number of sulfonamides is 1. The fourth-order valence-electron chi connectivity index (χ4n) is 1.12. The quantitative estimate of drug-likeness (QED) is 0.690. The monoisotopic (exact) mass is 276 g/mol. The molecule has 0 bridgehead atoms. The van der Waals surface area contributed by atoms with Gasteiger partial charge in [0, 0.05) is 18.6 Å². The molecule has 0 saturated heterocycles. The Hall–Kier alpha value is -1.18. The Morgan fingerprint density at radius 1 is 1.44 bits per heavy atom. The van der Waals surface area contributed by atoms with E-state index in [1.807, 2.05) is 0 Å². The third-order valence-corrected chi connectivity index (χ3v) is 3.85. The van der Waals surface area contributed by atoms with Crippen molar-refractivity contribution in [3.63, 3.8) is 0 Å². The van der Waals surface area contributed by atoms with Crippen molar-refractivity contribution in [2.75, 3.05) is 18.9 Å². The van der Waals surface area contributed by atoms with Crippen LogP contribution < -0.4 is 10.5 Å². The van der Waals surface area contributed by atoms with E-state index in [0.29, 0.717) is 0 Å². The summed E-state index contributed by atoms with van der Waals surface area (Å²) in [6.07, 6.45) is 0. The second-order valence-electron chi connectivity index (χ2n) is 4.83. The molecule has 0 aliphatic heterocycles. The van der Waals surface area contributed by atoms with Gasteiger partial charge < -0.3 is 10.8 Å². The summed E-state index contributed by atoms with van der Waals surface area (Å²) in [5, 5.41) is 9.04. The summed E-state index contributed by atoms with van der Waals surface area (Å²) >= 11 is 0. The maximum Gasteiger partial charge on any atom is 0.240 e. The third kappa shape index (κ3) is 3.66. The number of halogens is 1. The third-order valence-electron chi connectivity index (χ3n) is 2.45. The SMILES string of the molecule is CC(C)(CO)CNS(=O)(=O)c1ccc(F)c(N)c1. The van der Waals surface area contributed by atoms with Crippen LogP contribution in [0.2, 0.25) is 0 Å². The fraction of sp³-hybridized carbons (Fsp3) is 0.455. The van der Waals surface area contributed by atoms with Gasteiger partial charge in [-0.1, -0.05) is 13.8 Å². The van der Waals surface area contributed by atoms with Crippen LogP contribution >= 0.6 is 0 Å². The van der Waals surface area contributed by atoms with Gasteiger partial charge in [-0.25, -0.2) is 17.5 Å². The highest BCUT2D eigenvalue weighted by Gasteiger charge is 2.22. The van der Waals surface area contributed by atoms with Crippen LogP contribution in [-0.4, -0.2) is 26.7 Å². The number of anilines is 1. The van der Waals surface area contributed by atoms with Crippen LogP contribution in [0.4, 0.5) is 10.1 Å². The minimum absolute atomic E-state index is 0.0725. The molecule has 102 valence electrons. The molecule has 0 aliphatic rings. The van der Waals surface area contributed by atoms with Crippen molar-refractivity contribution in [3.8, 4) is 0 Å². The van der Waals surface area contributed by atoms with E-state index < -0.39 is 21.3 Å². The van der Waals surface area contributed by atoms with E-state index >= 15 is 0 Å². The fourth-order valence-corrected chi connectivity index (χ4v) is 2.40. The number of nitrogens with one attached hydrogen (secondary N) is 1. The molecule has 1 aromatic rings. The lowest BCUT2D eigenvalue weighted by Gasteiger charge is -2.21. The number of aliphatic hydroxyl groups is 1. The summed E-state index contributed by atoms with van der Waals surface area (Å²) in [5.41, 5.74) is 4.52. The van der Waals surface area contributed by atoms with Gasteiger partial charge in [-0.05, 0) is 18.2 Å². The maximum absolute atomic E-state index is 12.9. The number of rotatable bonds is 5. The van der Waals surface area contributed by atoms with Crippen molar-refractivity contribution in [2.24, 2.45) is 5.41 Å². The number of benzene rings is 1. The molecule has 1 aromatic carbocycles. The molecule has 0 unspecified atom stereocenters. The molecule has 5 nitrogen and oxygen atoms in total. The Kier molecular flexibility index (Phi) is 4.31. The predicted octanol–water partition coefficient (Wildman–Crippen LogP) is 0.705. The van der Waals surface area contributed by atoms with E-state index in [1.165, 1.54) is 0 Å². The van der Waals surface area contributed by atoms with Gasteiger partial charge in [0.15, 0.2) is 0 Å². The Morgan fingerprint density at radius 3 is 2.56 bits per heavy atom. The van der Waals surface area contributed by atoms with E-state index in [1.54, 1.807) is 13.8 Å². The van der Waals surface area contributed by atoms with Gasteiger partial charge in [-0.3, -0.25) is 0 Å². The van der Waals surface area contributed by atoms with Crippen LogP contribution in [0.1, 0.15) is 13.8 Å². The van der Waals surface area contributed by atoms with Crippen molar-refractivity contribution >= 4 is 15.7 Å². The molecule has 0 aromatic heterocycles. The number of nitrogens with two attached hydrogens (primary N) is 1. The van der Waals surface area contributed by atoms with Crippen molar-refractivity contribution in [1.82, 2.24) is 4.72 Å². The van der Waals surface area contributed by atoms with Crippen molar-refractivity contribution in [1.29, 1.82) is 0 Å². The van der Waals surface area contributed by atoms with E-state index in [4.69, 9.17) is 10.8 Å². The molecule has 18 heavy (non-hydrogen) atoms. The average molecular weight is 276 g/mol. The lowest BCUT2D eigenvalue weighted by Crippen LogP contribution is -2.36. The van der Waals surface area contributed by atoms with Crippen molar-refractivity contribution < 1.29 is 17.9 Å². The van der Waals surface area contributed by atoms with Crippen LogP contribution in [0.15, 0.2) is 23.1 Å². The first-order valence-corrected chi connectivity index (χ1v) is 6.82. The summed E-state index contributed by atoms with van der Waals surface area (Å²) in [7, 11) is -3.75. The molecule has 0 spiro atoms. The van der Waals surface area contributed by atoms with Gasteiger partial charge in [0.05, 0.1) is 10.6 Å². The molecule has 0 atom stereocenters. The molecule has 1 rings (SSSR count). The Balaban J connectivity index is 2.90. The lowest BCUT2D eigenvalue weighted by atomic mass is 9.96. The topological polar surface area (TPSA) is 92.4 Å². The standard InChI is InChI=1S/C11H17FN2O3S/c1-11(2,7-15)6-14-18(16,17)8-3-4-9(12)10(13)5-8/h3-5,14-15H,6-7,13H2,1-2H3.